The van der Waals surface area contributed by atoms with Gasteiger partial charge >= 0.3 is 0 Å². The first kappa shape index (κ1) is 14.6. The van der Waals surface area contributed by atoms with E-state index in [-0.39, 0.29) is 5.91 Å². The highest BCUT2D eigenvalue weighted by Crippen LogP contribution is 2.22. The smallest absolute Gasteiger partial charge is 0.250 e. The number of anilines is 2. The Morgan fingerprint density at radius 2 is 1.85 bits per heavy atom. The average molecular weight is 272 g/mol. The molecular weight excluding hydrogens is 248 g/mol. The van der Waals surface area contributed by atoms with Crippen LogP contribution in [-0.4, -0.2) is 19.0 Å². The maximum Gasteiger partial charge on any atom is 0.250 e. The molecule has 1 fully saturated rings. The van der Waals surface area contributed by atoms with Gasteiger partial charge in [0.15, 0.2) is 0 Å². The topological polar surface area (TPSA) is 32.3 Å². The number of amides is 1. The highest BCUT2D eigenvalue weighted by atomic mass is 16.1. The van der Waals surface area contributed by atoms with Crippen molar-refractivity contribution in [3.8, 4) is 0 Å². The van der Waals surface area contributed by atoms with Crippen LogP contribution in [0.4, 0.5) is 11.4 Å². The van der Waals surface area contributed by atoms with Crippen molar-refractivity contribution in [3.05, 3.63) is 35.9 Å². The Hall–Kier alpha value is -1.77. The normalized spacial score (nSPS) is 16.1. The molecule has 20 heavy (non-hydrogen) atoms. The number of rotatable bonds is 4. The van der Waals surface area contributed by atoms with Crippen LogP contribution < -0.4 is 10.2 Å². The SMILES string of the molecule is CCC=C(C)C(=O)Nc1ccc(N2CCCCC2)cc1. The van der Waals surface area contributed by atoms with Gasteiger partial charge in [0.05, 0.1) is 0 Å². The molecule has 1 aliphatic rings. The Kier molecular flexibility index (Phi) is 5.22. The van der Waals surface area contributed by atoms with E-state index in [2.05, 4.69) is 22.3 Å². The van der Waals surface area contributed by atoms with Gasteiger partial charge in [0.25, 0.3) is 5.91 Å². The van der Waals surface area contributed by atoms with E-state index in [9.17, 15) is 4.79 Å². The van der Waals surface area contributed by atoms with Crippen molar-refractivity contribution in [2.45, 2.75) is 39.5 Å². The molecule has 3 nitrogen and oxygen atoms in total. The standard InChI is InChI=1S/C17H24N2O/c1-3-7-14(2)17(20)18-15-8-10-16(11-9-15)19-12-5-4-6-13-19/h7-11H,3-6,12-13H2,1-2H3,(H,18,20). The molecule has 2 rings (SSSR count). The van der Waals surface area contributed by atoms with E-state index < -0.39 is 0 Å². The van der Waals surface area contributed by atoms with Gasteiger partial charge < -0.3 is 10.2 Å². The quantitative estimate of drug-likeness (QED) is 0.841. The predicted molar refractivity (Wildman–Crippen MR) is 85.2 cm³/mol. The molecule has 1 N–H and O–H groups in total. The number of carbonyl (C=O) groups is 1. The van der Waals surface area contributed by atoms with Gasteiger partial charge in [-0.2, -0.15) is 0 Å². The average Bonchev–Trinajstić information content (AvgIpc) is 2.49. The number of hydrogen-bond donors (Lipinski definition) is 1. The van der Waals surface area contributed by atoms with E-state index in [0.29, 0.717) is 0 Å². The zero-order valence-corrected chi connectivity index (χ0v) is 12.5. The summed E-state index contributed by atoms with van der Waals surface area (Å²) in [6, 6.07) is 8.17. The maximum absolute atomic E-state index is 11.9. The largest absolute Gasteiger partial charge is 0.372 e. The molecule has 0 bridgehead atoms. The summed E-state index contributed by atoms with van der Waals surface area (Å²) in [6.45, 7) is 6.17. The molecule has 0 radical (unpaired) electrons. The molecule has 0 atom stereocenters. The summed E-state index contributed by atoms with van der Waals surface area (Å²) >= 11 is 0. The first-order valence-corrected chi connectivity index (χ1v) is 7.54. The second-order valence-electron chi connectivity index (χ2n) is 5.34. The van der Waals surface area contributed by atoms with Crippen LogP contribution >= 0.6 is 0 Å². The van der Waals surface area contributed by atoms with E-state index in [4.69, 9.17) is 0 Å². The number of hydrogen-bond acceptors (Lipinski definition) is 2. The van der Waals surface area contributed by atoms with Crippen molar-refractivity contribution < 1.29 is 4.79 Å². The Labute approximate surface area is 121 Å². The van der Waals surface area contributed by atoms with Crippen LogP contribution in [0.5, 0.6) is 0 Å². The molecule has 108 valence electrons. The predicted octanol–water partition coefficient (Wildman–Crippen LogP) is 3.97. The third-order valence-electron chi connectivity index (χ3n) is 3.71. The van der Waals surface area contributed by atoms with Crippen LogP contribution in [0.2, 0.25) is 0 Å². The van der Waals surface area contributed by atoms with E-state index >= 15 is 0 Å². The number of nitrogens with one attached hydrogen (secondary N) is 1. The second-order valence-corrected chi connectivity index (χ2v) is 5.34. The third kappa shape index (κ3) is 3.86. The summed E-state index contributed by atoms with van der Waals surface area (Å²) in [7, 11) is 0. The minimum absolute atomic E-state index is 0.0161. The van der Waals surface area contributed by atoms with Crippen molar-refractivity contribution in [2.24, 2.45) is 0 Å². The highest BCUT2D eigenvalue weighted by molar-refractivity contribution is 6.03. The summed E-state index contributed by atoms with van der Waals surface area (Å²) < 4.78 is 0. The minimum atomic E-state index is -0.0161. The summed E-state index contributed by atoms with van der Waals surface area (Å²) in [6.07, 6.45) is 6.72. The molecule has 1 aromatic carbocycles. The maximum atomic E-state index is 11.9. The zero-order chi connectivity index (χ0) is 14.4. The second kappa shape index (κ2) is 7.13. The van der Waals surface area contributed by atoms with Crippen molar-refractivity contribution in [1.82, 2.24) is 0 Å². The monoisotopic (exact) mass is 272 g/mol. The number of allylic oxidation sites excluding steroid dienone is 1. The van der Waals surface area contributed by atoms with Crippen LogP contribution in [0.1, 0.15) is 39.5 Å². The van der Waals surface area contributed by atoms with Gasteiger partial charge in [0, 0.05) is 30.0 Å². The number of benzene rings is 1. The molecule has 1 saturated heterocycles. The molecular formula is C17H24N2O. The van der Waals surface area contributed by atoms with Gasteiger partial charge in [-0.1, -0.05) is 13.0 Å². The molecule has 0 aliphatic carbocycles. The van der Waals surface area contributed by atoms with E-state index in [1.54, 1.807) is 0 Å². The Morgan fingerprint density at radius 3 is 2.45 bits per heavy atom. The van der Waals surface area contributed by atoms with Crippen LogP contribution in [-0.2, 0) is 4.79 Å². The molecule has 1 heterocycles. The number of nitrogens with zero attached hydrogens (tertiary/aromatic N) is 1. The highest BCUT2D eigenvalue weighted by Gasteiger charge is 2.11. The van der Waals surface area contributed by atoms with Crippen molar-refractivity contribution in [2.75, 3.05) is 23.3 Å². The zero-order valence-electron chi connectivity index (χ0n) is 12.5. The van der Waals surface area contributed by atoms with Crippen molar-refractivity contribution in [3.63, 3.8) is 0 Å². The van der Waals surface area contributed by atoms with Gasteiger partial charge in [-0.25, -0.2) is 0 Å². The Bertz CT molecular complexity index is 470. The fourth-order valence-corrected chi connectivity index (χ4v) is 2.54. The molecule has 0 unspecified atom stereocenters. The van der Waals surface area contributed by atoms with Gasteiger partial charge in [0.2, 0.25) is 0 Å². The van der Waals surface area contributed by atoms with Gasteiger partial charge in [-0.05, 0) is 56.9 Å². The number of carbonyl (C=O) groups excluding carboxylic acids is 1. The fraction of sp³-hybridized carbons (Fsp3) is 0.471. The van der Waals surface area contributed by atoms with Crippen LogP contribution in [0.3, 0.4) is 0 Å². The molecule has 1 amide bonds. The van der Waals surface area contributed by atoms with Crippen LogP contribution in [0, 0.1) is 0 Å². The van der Waals surface area contributed by atoms with E-state index in [0.717, 1.165) is 30.8 Å². The molecule has 0 saturated carbocycles. The molecule has 0 aromatic heterocycles. The first-order chi connectivity index (χ1) is 9.70. The van der Waals surface area contributed by atoms with Gasteiger partial charge in [-0.15, -0.1) is 0 Å². The van der Waals surface area contributed by atoms with E-state index in [1.165, 1.54) is 24.9 Å². The van der Waals surface area contributed by atoms with Crippen LogP contribution in [0.15, 0.2) is 35.9 Å². The van der Waals surface area contributed by atoms with Crippen molar-refractivity contribution >= 4 is 17.3 Å². The summed E-state index contributed by atoms with van der Waals surface area (Å²) in [5, 5.41) is 2.93. The molecule has 3 heteroatoms. The molecule has 1 aliphatic heterocycles. The minimum Gasteiger partial charge on any atom is -0.372 e. The Morgan fingerprint density at radius 1 is 1.20 bits per heavy atom. The summed E-state index contributed by atoms with van der Waals surface area (Å²) in [5.41, 5.74) is 2.88. The lowest BCUT2D eigenvalue weighted by atomic mass is 10.1. The summed E-state index contributed by atoms with van der Waals surface area (Å²) in [4.78, 5) is 14.3. The van der Waals surface area contributed by atoms with Crippen molar-refractivity contribution in [1.29, 1.82) is 0 Å². The molecule has 1 aromatic rings. The van der Waals surface area contributed by atoms with Gasteiger partial charge in [0.1, 0.15) is 0 Å². The van der Waals surface area contributed by atoms with E-state index in [1.807, 2.05) is 32.1 Å². The molecule has 0 spiro atoms. The van der Waals surface area contributed by atoms with Gasteiger partial charge in [-0.3, -0.25) is 4.79 Å². The lowest BCUT2D eigenvalue weighted by Crippen LogP contribution is -2.29. The third-order valence-corrected chi connectivity index (χ3v) is 3.71. The number of piperidine rings is 1. The fourth-order valence-electron chi connectivity index (χ4n) is 2.54. The van der Waals surface area contributed by atoms with Crippen LogP contribution in [0.25, 0.3) is 0 Å². The Balaban J connectivity index is 1.97. The summed E-state index contributed by atoms with van der Waals surface area (Å²) in [5.74, 6) is -0.0161. The lowest BCUT2D eigenvalue weighted by Gasteiger charge is -2.28. The first-order valence-electron chi connectivity index (χ1n) is 7.54. The lowest BCUT2D eigenvalue weighted by molar-refractivity contribution is -0.112.